The first-order valence-electron chi connectivity index (χ1n) is 10.5. The number of nitrogens with zero attached hydrogens (tertiary/aromatic N) is 5. The second-order valence-corrected chi connectivity index (χ2v) is 8.20. The fourth-order valence-corrected chi connectivity index (χ4v) is 4.68. The molecule has 30 heavy (non-hydrogen) atoms. The van der Waals surface area contributed by atoms with E-state index in [-0.39, 0.29) is 5.41 Å². The third-order valence-electron chi connectivity index (χ3n) is 6.11. The van der Waals surface area contributed by atoms with Crippen LogP contribution in [0, 0.1) is 0 Å². The van der Waals surface area contributed by atoms with Gasteiger partial charge in [0.1, 0.15) is 0 Å². The molecule has 0 saturated carbocycles. The number of hydrogen-bond acceptors (Lipinski definition) is 5. The van der Waals surface area contributed by atoms with E-state index in [4.69, 9.17) is 16.3 Å². The van der Waals surface area contributed by atoms with Crippen molar-refractivity contribution in [1.29, 1.82) is 0 Å². The molecule has 8 heteroatoms. The summed E-state index contributed by atoms with van der Waals surface area (Å²) in [6, 6.07) is 10.0. The number of anilines is 1. The van der Waals surface area contributed by atoms with Crippen molar-refractivity contribution in [3.8, 4) is 0 Å². The average Bonchev–Trinajstić information content (AvgIpc) is 2.81. The highest BCUT2D eigenvalue weighted by molar-refractivity contribution is 6.31. The second-order valence-electron chi connectivity index (χ2n) is 7.80. The maximum atomic E-state index is 6.59. The van der Waals surface area contributed by atoms with Gasteiger partial charge in [0, 0.05) is 75.8 Å². The third-order valence-corrected chi connectivity index (χ3v) is 6.44. The van der Waals surface area contributed by atoms with E-state index in [1.54, 1.807) is 12.4 Å². The lowest BCUT2D eigenvalue weighted by atomic mass is 9.74. The Balaban J connectivity index is 1.41. The lowest BCUT2D eigenvalue weighted by molar-refractivity contribution is 0.0512. The topological polar surface area (TPSA) is 65.9 Å². The zero-order chi connectivity index (χ0) is 20.8. The van der Waals surface area contributed by atoms with Crippen molar-refractivity contribution in [2.45, 2.75) is 18.3 Å². The van der Waals surface area contributed by atoms with Crippen LogP contribution >= 0.6 is 11.6 Å². The lowest BCUT2D eigenvalue weighted by Crippen LogP contribution is -2.55. The fourth-order valence-electron chi connectivity index (χ4n) is 4.35. The summed E-state index contributed by atoms with van der Waals surface area (Å²) >= 11 is 6.59. The Kier molecular flexibility index (Phi) is 6.69. The quantitative estimate of drug-likeness (QED) is 0.596. The van der Waals surface area contributed by atoms with Gasteiger partial charge < -0.3 is 19.9 Å². The smallest absolute Gasteiger partial charge is 0.225 e. The summed E-state index contributed by atoms with van der Waals surface area (Å²) in [4.78, 5) is 17.8. The Morgan fingerprint density at radius 3 is 2.47 bits per heavy atom. The van der Waals surface area contributed by atoms with Crippen LogP contribution in [0.1, 0.15) is 18.4 Å². The van der Waals surface area contributed by atoms with Crippen molar-refractivity contribution in [3.05, 3.63) is 53.3 Å². The van der Waals surface area contributed by atoms with Crippen LogP contribution in [0.5, 0.6) is 0 Å². The van der Waals surface area contributed by atoms with Gasteiger partial charge in [-0.05, 0) is 30.5 Å². The molecule has 1 aromatic carbocycles. The van der Waals surface area contributed by atoms with E-state index in [9.17, 15) is 0 Å². The molecule has 3 heterocycles. The highest BCUT2D eigenvalue weighted by Crippen LogP contribution is 2.38. The Bertz CT molecular complexity index is 848. The summed E-state index contributed by atoms with van der Waals surface area (Å²) in [5.74, 6) is 1.72. The van der Waals surface area contributed by atoms with Crippen molar-refractivity contribution in [1.82, 2.24) is 20.2 Å². The number of rotatable bonds is 4. The highest BCUT2D eigenvalue weighted by atomic mass is 35.5. The predicted molar refractivity (Wildman–Crippen MR) is 120 cm³/mol. The maximum absolute atomic E-state index is 6.59. The van der Waals surface area contributed by atoms with Gasteiger partial charge in [0.15, 0.2) is 5.96 Å². The van der Waals surface area contributed by atoms with Crippen LogP contribution < -0.4 is 10.2 Å². The van der Waals surface area contributed by atoms with Crippen LogP contribution in [0.2, 0.25) is 5.02 Å². The van der Waals surface area contributed by atoms with Crippen molar-refractivity contribution < 1.29 is 4.74 Å². The van der Waals surface area contributed by atoms with E-state index < -0.39 is 0 Å². The van der Waals surface area contributed by atoms with Crippen molar-refractivity contribution in [3.63, 3.8) is 0 Å². The van der Waals surface area contributed by atoms with Gasteiger partial charge >= 0.3 is 0 Å². The molecular weight excluding hydrogens is 400 g/mol. The first-order valence-corrected chi connectivity index (χ1v) is 10.9. The Morgan fingerprint density at radius 1 is 1.10 bits per heavy atom. The number of hydrogen-bond donors (Lipinski definition) is 1. The molecule has 160 valence electrons. The minimum Gasteiger partial charge on any atom is -0.381 e. The molecule has 0 atom stereocenters. The molecular formula is C22H29ClN6O. The average molecular weight is 429 g/mol. The first kappa shape index (κ1) is 20.9. The van der Waals surface area contributed by atoms with E-state index in [0.29, 0.717) is 0 Å². The predicted octanol–water partition coefficient (Wildman–Crippen LogP) is 2.58. The standard InChI is InChI=1S/C22H29ClN6O/c1-24-20(28-11-13-29(14-12-28)21-25-9-4-10-26-21)27-17-22(7-15-30-16-8-22)18-5-2-3-6-19(18)23/h2-6,9-10H,7-8,11-17H2,1H3,(H,24,27). The molecule has 1 aromatic heterocycles. The fraction of sp³-hybridized carbons (Fsp3) is 0.500. The Morgan fingerprint density at radius 2 is 1.80 bits per heavy atom. The molecule has 0 radical (unpaired) electrons. The summed E-state index contributed by atoms with van der Waals surface area (Å²) in [7, 11) is 1.85. The number of guanidine groups is 1. The molecule has 2 aliphatic heterocycles. The summed E-state index contributed by atoms with van der Waals surface area (Å²) in [5.41, 5.74) is 1.15. The van der Waals surface area contributed by atoms with Gasteiger partial charge in [0.25, 0.3) is 0 Å². The molecule has 0 spiro atoms. The molecule has 2 aliphatic rings. The molecule has 0 amide bonds. The SMILES string of the molecule is CN=C(NCC1(c2ccccc2Cl)CCOCC1)N1CCN(c2ncccn2)CC1. The normalized spacial score (nSPS) is 19.6. The summed E-state index contributed by atoms with van der Waals surface area (Å²) in [6.07, 6.45) is 5.47. The molecule has 7 nitrogen and oxygen atoms in total. The molecule has 2 aromatic rings. The molecule has 0 unspecified atom stereocenters. The molecule has 4 rings (SSSR count). The Labute approximate surface area is 183 Å². The van der Waals surface area contributed by atoms with Crippen LogP contribution in [0.4, 0.5) is 5.95 Å². The van der Waals surface area contributed by atoms with Gasteiger partial charge in [-0.15, -0.1) is 0 Å². The maximum Gasteiger partial charge on any atom is 0.225 e. The third kappa shape index (κ3) is 4.52. The number of nitrogens with one attached hydrogen (secondary N) is 1. The minimum atomic E-state index is -0.0494. The monoisotopic (exact) mass is 428 g/mol. The highest BCUT2D eigenvalue weighted by Gasteiger charge is 2.36. The van der Waals surface area contributed by atoms with Gasteiger partial charge in [0.05, 0.1) is 0 Å². The number of piperazine rings is 1. The molecule has 2 fully saturated rings. The zero-order valence-electron chi connectivity index (χ0n) is 17.4. The van der Waals surface area contributed by atoms with E-state index in [1.165, 1.54) is 5.56 Å². The van der Waals surface area contributed by atoms with Gasteiger partial charge in [-0.3, -0.25) is 4.99 Å². The van der Waals surface area contributed by atoms with E-state index >= 15 is 0 Å². The van der Waals surface area contributed by atoms with Gasteiger partial charge in [-0.25, -0.2) is 9.97 Å². The van der Waals surface area contributed by atoms with Crippen LogP contribution in [0.15, 0.2) is 47.7 Å². The molecule has 2 saturated heterocycles. The summed E-state index contributed by atoms with van der Waals surface area (Å²) < 4.78 is 5.66. The van der Waals surface area contributed by atoms with E-state index in [2.05, 4.69) is 42.2 Å². The summed E-state index contributed by atoms with van der Waals surface area (Å²) in [5, 5.41) is 4.47. The van der Waals surface area contributed by atoms with E-state index in [0.717, 1.165) is 75.7 Å². The van der Waals surface area contributed by atoms with Crippen LogP contribution in [0.3, 0.4) is 0 Å². The van der Waals surface area contributed by atoms with Crippen LogP contribution in [0.25, 0.3) is 0 Å². The number of ether oxygens (including phenoxy) is 1. The number of aliphatic imine (C=N–C) groups is 1. The van der Waals surface area contributed by atoms with Crippen molar-refractivity contribution in [2.75, 3.05) is 57.9 Å². The molecule has 0 bridgehead atoms. The zero-order valence-corrected chi connectivity index (χ0v) is 18.2. The molecule has 0 aliphatic carbocycles. The van der Waals surface area contributed by atoms with Crippen LogP contribution in [-0.4, -0.2) is 73.8 Å². The van der Waals surface area contributed by atoms with Gasteiger partial charge in [-0.2, -0.15) is 0 Å². The number of benzene rings is 1. The lowest BCUT2D eigenvalue weighted by Gasteiger charge is -2.41. The summed E-state index contributed by atoms with van der Waals surface area (Å²) in [6.45, 7) is 5.78. The second kappa shape index (κ2) is 9.62. The largest absolute Gasteiger partial charge is 0.381 e. The van der Waals surface area contributed by atoms with E-state index in [1.807, 2.05) is 25.2 Å². The van der Waals surface area contributed by atoms with Crippen molar-refractivity contribution in [2.24, 2.45) is 4.99 Å². The number of halogens is 1. The minimum absolute atomic E-state index is 0.0494. The van der Waals surface area contributed by atoms with Gasteiger partial charge in [0.2, 0.25) is 5.95 Å². The Hall–Kier alpha value is -2.38. The number of aromatic nitrogens is 2. The molecule has 1 N–H and O–H groups in total. The first-order chi connectivity index (χ1) is 14.7. The van der Waals surface area contributed by atoms with Gasteiger partial charge in [-0.1, -0.05) is 29.8 Å². The van der Waals surface area contributed by atoms with Crippen LogP contribution in [-0.2, 0) is 10.2 Å². The van der Waals surface area contributed by atoms with Crippen molar-refractivity contribution >= 4 is 23.5 Å².